The van der Waals surface area contributed by atoms with E-state index < -0.39 is 0 Å². The predicted octanol–water partition coefficient (Wildman–Crippen LogP) is 0.0655. The minimum absolute atomic E-state index is 0.612. The number of benzene rings is 1. The second kappa shape index (κ2) is 4.96. The lowest BCUT2D eigenvalue weighted by molar-refractivity contribution is -0.271. The predicted molar refractivity (Wildman–Crippen MR) is 51.3 cm³/mol. The summed E-state index contributed by atoms with van der Waals surface area (Å²) >= 11 is 0. The van der Waals surface area contributed by atoms with Crippen LogP contribution in [0.25, 0.3) is 0 Å². The third-order valence-corrected chi connectivity index (χ3v) is 1.83. The fraction of sp³-hybridized carbons (Fsp3) is 0.333. The summed E-state index contributed by atoms with van der Waals surface area (Å²) in [4.78, 5) is 9.30. The molecule has 0 aliphatic heterocycles. The van der Waals surface area contributed by atoms with E-state index in [1.807, 2.05) is 12.1 Å². The van der Waals surface area contributed by atoms with Gasteiger partial charge in [0.2, 0.25) is 0 Å². The Labute approximate surface area is 73.8 Å². The van der Waals surface area contributed by atoms with Gasteiger partial charge in [0.05, 0.1) is 13.7 Å². The molecule has 0 bridgehead atoms. The maximum absolute atomic E-state index is 4.79. The minimum atomic E-state index is 0.612. The van der Waals surface area contributed by atoms with Gasteiger partial charge in [-0.25, -0.2) is 9.78 Å². The second-order valence-electron chi connectivity index (χ2n) is 2.67. The Kier molecular flexibility index (Phi) is 3.84. The van der Waals surface area contributed by atoms with Gasteiger partial charge in [-0.1, -0.05) is 35.3 Å². The highest BCUT2D eigenvalue weighted by atomic mass is 17.2. The quantitative estimate of drug-likeness (QED) is 0.271. The smallest absolute Gasteiger partial charge is 0.139 e. The maximum Gasteiger partial charge on any atom is 0.139 e. The van der Waals surface area contributed by atoms with Gasteiger partial charge in [0.15, 0.2) is 0 Å². The van der Waals surface area contributed by atoms with Gasteiger partial charge in [-0.2, -0.15) is 0 Å². The molecular formula is C9H13BO2. The molecule has 0 amide bonds. The zero-order valence-corrected chi connectivity index (χ0v) is 7.54. The summed E-state index contributed by atoms with van der Waals surface area (Å²) < 4.78 is 0. The van der Waals surface area contributed by atoms with Crippen LogP contribution in [0.4, 0.5) is 0 Å². The third-order valence-electron chi connectivity index (χ3n) is 1.83. The van der Waals surface area contributed by atoms with Crippen molar-refractivity contribution < 1.29 is 9.78 Å². The van der Waals surface area contributed by atoms with Crippen LogP contribution in [0.5, 0.6) is 0 Å². The molecule has 1 rings (SSSR count). The van der Waals surface area contributed by atoms with Crippen molar-refractivity contribution in [3.63, 3.8) is 0 Å². The monoisotopic (exact) mass is 164 g/mol. The highest BCUT2D eigenvalue weighted by Gasteiger charge is 1.95. The molecule has 0 radical (unpaired) electrons. The maximum atomic E-state index is 4.79. The summed E-state index contributed by atoms with van der Waals surface area (Å²) in [6.07, 6.45) is 0.903. The summed E-state index contributed by atoms with van der Waals surface area (Å²) in [5.74, 6) is 0. The Hall–Kier alpha value is -0.795. The standard InChI is InChI=1S/C9H13BO2/c1-11-12-7-6-8-4-2-3-5-9(8)10/h2-5H,6-7,10H2,1H3. The molecule has 12 heavy (non-hydrogen) atoms. The topological polar surface area (TPSA) is 18.5 Å². The summed E-state index contributed by atoms with van der Waals surface area (Å²) in [7, 11) is 3.62. The second-order valence-corrected chi connectivity index (χ2v) is 2.67. The molecule has 0 fully saturated rings. The van der Waals surface area contributed by atoms with Gasteiger partial charge in [-0.05, 0) is 6.42 Å². The Morgan fingerprint density at radius 2 is 2.08 bits per heavy atom. The number of hydrogen-bond donors (Lipinski definition) is 0. The van der Waals surface area contributed by atoms with Gasteiger partial charge in [-0.15, -0.1) is 0 Å². The van der Waals surface area contributed by atoms with E-state index in [0.717, 1.165) is 6.42 Å². The molecule has 0 aromatic heterocycles. The lowest BCUT2D eigenvalue weighted by Gasteiger charge is -2.04. The van der Waals surface area contributed by atoms with Gasteiger partial charge < -0.3 is 0 Å². The molecule has 0 N–H and O–H groups in total. The highest BCUT2D eigenvalue weighted by Crippen LogP contribution is 1.96. The molecule has 0 spiro atoms. The number of hydrogen-bond acceptors (Lipinski definition) is 2. The zero-order valence-electron chi connectivity index (χ0n) is 7.54. The summed E-state index contributed by atoms with van der Waals surface area (Å²) in [5.41, 5.74) is 2.62. The Balaban J connectivity index is 2.46. The van der Waals surface area contributed by atoms with Crippen LogP contribution >= 0.6 is 0 Å². The molecule has 2 nitrogen and oxygen atoms in total. The highest BCUT2D eigenvalue weighted by molar-refractivity contribution is 6.33. The van der Waals surface area contributed by atoms with E-state index in [2.05, 4.69) is 24.9 Å². The van der Waals surface area contributed by atoms with Gasteiger partial charge in [0.1, 0.15) is 7.85 Å². The normalized spacial score (nSPS) is 10.1. The van der Waals surface area contributed by atoms with E-state index in [9.17, 15) is 0 Å². The average Bonchev–Trinajstić information content (AvgIpc) is 2.09. The van der Waals surface area contributed by atoms with Crippen LogP contribution in [0.15, 0.2) is 24.3 Å². The Morgan fingerprint density at radius 1 is 1.33 bits per heavy atom. The first-order valence-electron chi connectivity index (χ1n) is 4.04. The Bertz CT molecular complexity index is 238. The number of rotatable bonds is 4. The van der Waals surface area contributed by atoms with Crippen molar-refractivity contribution >= 4 is 13.3 Å². The van der Waals surface area contributed by atoms with E-state index in [-0.39, 0.29) is 0 Å². The van der Waals surface area contributed by atoms with Crippen LogP contribution in [0.1, 0.15) is 5.56 Å². The van der Waals surface area contributed by atoms with Gasteiger partial charge in [0, 0.05) is 0 Å². The van der Waals surface area contributed by atoms with Crippen molar-refractivity contribution in [3.8, 4) is 0 Å². The first kappa shape index (κ1) is 9.29. The third kappa shape index (κ3) is 2.68. The lowest BCUT2D eigenvalue weighted by Crippen LogP contribution is -2.11. The largest absolute Gasteiger partial charge is 0.240 e. The molecule has 1 aromatic carbocycles. The fourth-order valence-corrected chi connectivity index (χ4v) is 1.13. The van der Waals surface area contributed by atoms with Crippen molar-refractivity contribution in [2.24, 2.45) is 0 Å². The van der Waals surface area contributed by atoms with Crippen LogP contribution in [0, 0.1) is 0 Å². The van der Waals surface area contributed by atoms with E-state index in [4.69, 9.17) is 4.89 Å². The molecule has 3 heteroatoms. The van der Waals surface area contributed by atoms with Crippen LogP contribution in [-0.2, 0) is 16.2 Å². The van der Waals surface area contributed by atoms with Crippen molar-refractivity contribution in [2.45, 2.75) is 6.42 Å². The first-order valence-corrected chi connectivity index (χ1v) is 4.04. The molecule has 0 saturated carbocycles. The van der Waals surface area contributed by atoms with Crippen molar-refractivity contribution in [3.05, 3.63) is 29.8 Å². The lowest BCUT2D eigenvalue weighted by atomic mass is 9.89. The zero-order chi connectivity index (χ0) is 8.81. The minimum Gasteiger partial charge on any atom is -0.240 e. The average molecular weight is 164 g/mol. The van der Waals surface area contributed by atoms with E-state index in [0.29, 0.717) is 6.61 Å². The molecule has 0 heterocycles. The van der Waals surface area contributed by atoms with Crippen molar-refractivity contribution in [1.29, 1.82) is 0 Å². The van der Waals surface area contributed by atoms with Crippen molar-refractivity contribution in [1.82, 2.24) is 0 Å². The fourth-order valence-electron chi connectivity index (χ4n) is 1.13. The molecule has 0 aliphatic carbocycles. The van der Waals surface area contributed by atoms with Gasteiger partial charge in [-0.3, -0.25) is 0 Å². The molecular weight excluding hydrogens is 151 g/mol. The van der Waals surface area contributed by atoms with Crippen LogP contribution in [-0.4, -0.2) is 21.6 Å². The van der Waals surface area contributed by atoms with E-state index in [1.165, 1.54) is 18.1 Å². The van der Waals surface area contributed by atoms with E-state index in [1.54, 1.807) is 0 Å². The molecule has 0 unspecified atom stereocenters. The molecule has 0 aliphatic rings. The SMILES string of the molecule is Bc1ccccc1CCOOC. The van der Waals surface area contributed by atoms with Gasteiger partial charge >= 0.3 is 0 Å². The molecule has 0 saturated heterocycles. The van der Waals surface area contributed by atoms with Crippen LogP contribution < -0.4 is 5.46 Å². The van der Waals surface area contributed by atoms with Crippen LogP contribution in [0.2, 0.25) is 0 Å². The van der Waals surface area contributed by atoms with E-state index >= 15 is 0 Å². The van der Waals surface area contributed by atoms with Crippen molar-refractivity contribution in [2.75, 3.05) is 13.7 Å². The molecule has 64 valence electrons. The van der Waals surface area contributed by atoms with Crippen LogP contribution in [0.3, 0.4) is 0 Å². The Morgan fingerprint density at radius 3 is 2.75 bits per heavy atom. The molecule has 1 aromatic rings. The summed E-state index contributed by atoms with van der Waals surface area (Å²) in [5, 5.41) is 0. The first-order chi connectivity index (χ1) is 5.84. The molecule has 0 atom stereocenters. The van der Waals surface area contributed by atoms with Gasteiger partial charge in [0.25, 0.3) is 0 Å². The summed E-state index contributed by atoms with van der Waals surface area (Å²) in [6.45, 7) is 0.612. The summed E-state index contributed by atoms with van der Waals surface area (Å²) in [6, 6.07) is 8.28.